The van der Waals surface area contributed by atoms with Gasteiger partial charge in [-0.25, -0.2) is 4.39 Å². The maximum absolute atomic E-state index is 14.2. The first-order chi connectivity index (χ1) is 11.7. The van der Waals surface area contributed by atoms with Gasteiger partial charge >= 0.3 is 0 Å². The standard InChI is InChI=1S/C19H39FN4O/c1-5-6-7-8-11-19(3,4)15-10-9-14(20)12-23-13(2)16(18(22)25)17(21)24-15/h13-17,23-24H,5-12,21H2,1-4H3,(H2,22,25). The first kappa shape index (κ1) is 22.3. The Morgan fingerprint density at radius 2 is 1.92 bits per heavy atom. The minimum absolute atomic E-state index is 0.0108. The van der Waals surface area contributed by atoms with Crippen molar-refractivity contribution in [3.63, 3.8) is 0 Å². The van der Waals surface area contributed by atoms with Crippen molar-refractivity contribution < 1.29 is 9.18 Å². The molecule has 25 heavy (non-hydrogen) atoms. The predicted molar refractivity (Wildman–Crippen MR) is 102 cm³/mol. The van der Waals surface area contributed by atoms with E-state index in [9.17, 15) is 9.18 Å². The number of halogens is 1. The van der Waals surface area contributed by atoms with E-state index in [4.69, 9.17) is 11.5 Å². The van der Waals surface area contributed by atoms with Crippen LogP contribution in [0.5, 0.6) is 0 Å². The minimum Gasteiger partial charge on any atom is -0.369 e. The normalized spacial score (nSPS) is 32.3. The lowest BCUT2D eigenvalue weighted by molar-refractivity contribution is -0.123. The van der Waals surface area contributed by atoms with E-state index in [-0.39, 0.29) is 24.0 Å². The van der Waals surface area contributed by atoms with Gasteiger partial charge in [-0.2, -0.15) is 0 Å². The van der Waals surface area contributed by atoms with Crippen LogP contribution in [0.4, 0.5) is 4.39 Å². The lowest BCUT2D eigenvalue weighted by Crippen LogP contribution is -2.61. The molecule has 0 aromatic rings. The second-order valence-electron chi connectivity index (χ2n) is 8.34. The summed E-state index contributed by atoms with van der Waals surface area (Å²) in [6.45, 7) is 8.71. The molecule has 1 saturated heterocycles. The number of rotatable bonds is 7. The number of nitrogens with two attached hydrogens (primary N) is 2. The maximum atomic E-state index is 14.2. The number of amides is 1. The molecule has 0 aromatic heterocycles. The number of unbranched alkanes of at least 4 members (excludes halogenated alkanes) is 3. The number of carbonyl (C=O) groups excluding carboxylic acids is 1. The smallest absolute Gasteiger partial charge is 0.225 e. The predicted octanol–water partition coefficient (Wildman–Crippen LogP) is 2.44. The monoisotopic (exact) mass is 358 g/mol. The zero-order valence-electron chi connectivity index (χ0n) is 16.5. The van der Waals surface area contributed by atoms with Crippen molar-refractivity contribution >= 4 is 5.91 Å². The molecule has 1 aliphatic heterocycles. The summed E-state index contributed by atoms with van der Waals surface area (Å²) in [5.41, 5.74) is 11.9. The van der Waals surface area contributed by atoms with Gasteiger partial charge in [0.1, 0.15) is 6.17 Å². The van der Waals surface area contributed by atoms with E-state index in [1.807, 2.05) is 6.92 Å². The number of nitrogens with one attached hydrogen (secondary N) is 2. The van der Waals surface area contributed by atoms with E-state index in [0.717, 1.165) is 12.8 Å². The second kappa shape index (κ2) is 10.4. The Morgan fingerprint density at radius 1 is 1.24 bits per heavy atom. The van der Waals surface area contributed by atoms with Gasteiger partial charge in [-0.3, -0.25) is 10.1 Å². The average Bonchev–Trinajstić information content (AvgIpc) is 2.52. The molecular weight excluding hydrogens is 319 g/mol. The highest BCUT2D eigenvalue weighted by Gasteiger charge is 2.36. The van der Waals surface area contributed by atoms with Crippen molar-refractivity contribution in [2.45, 2.75) is 97.1 Å². The molecule has 6 heteroatoms. The number of hydrogen-bond acceptors (Lipinski definition) is 4. The Morgan fingerprint density at radius 3 is 2.52 bits per heavy atom. The van der Waals surface area contributed by atoms with Crippen LogP contribution in [-0.4, -0.2) is 36.9 Å². The lowest BCUT2D eigenvalue weighted by Gasteiger charge is -2.40. The van der Waals surface area contributed by atoms with Crippen LogP contribution in [-0.2, 0) is 4.79 Å². The van der Waals surface area contributed by atoms with Crippen LogP contribution in [0.2, 0.25) is 0 Å². The fourth-order valence-corrected chi connectivity index (χ4v) is 3.84. The SMILES string of the molecule is CCCCCCC(C)(C)C1CCC(F)CNC(C)C(C(N)=O)C(N)N1. The zero-order chi connectivity index (χ0) is 19.0. The van der Waals surface area contributed by atoms with Crippen molar-refractivity contribution in [2.24, 2.45) is 22.8 Å². The molecule has 0 aliphatic carbocycles. The third-order valence-corrected chi connectivity index (χ3v) is 5.70. The summed E-state index contributed by atoms with van der Waals surface area (Å²) in [6.07, 6.45) is 5.63. The van der Waals surface area contributed by atoms with Gasteiger partial charge in [-0.1, -0.05) is 46.5 Å². The highest BCUT2D eigenvalue weighted by molar-refractivity contribution is 5.78. The molecule has 148 valence electrons. The van der Waals surface area contributed by atoms with Gasteiger partial charge in [-0.05, 0) is 31.6 Å². The minimum atomic E-state index is -0.925. The van der Waals surface area contributed by atoms with Crippen molar-refractivity contribution in [3.05, 3.63) is 0 Å². The summed E-state index contributed by atoms with van der Waals surface area (Å²) in [7, 11) is 0. The number of primary amides is 1. The van der Waals surface area contributed by atoms with Gasteiger partial charge in [0.15, 0.2) is 0 Å². The van der Waals surface area contributed by atoms with E-state index in [1.54, 1.807) is 0 Å². The van der Waals surface area contributed by atoms with Gasteiger partial charge in [0, 0.05) is 18.6 Å². The molecule has 1 rings (SSSR count). The second-order valence-corrected chi connectivity index (χ2v) is 8.34. The Kier molecular flexibility index (Phi) is 9.32. The van der Waals surface area contributed by atoms with E-state index in [2.05, 4.69) is 31.4 Å². The molecule has 0 saturated carbocycles. The van der Waals surface area contributed by atoms with Gasteiger partial charge in [-0.15, -0.1) is 0 Å². The van der Waals surface area contributed by atoms with Crippen LogP contribution in [0.25, 0.3) is 0 Å². The fourth-order valence-electron chi connectivity index (χ4n) is 3.84. The summed E-state index contributed by atoms with van der Waals surface area (Å²) in [6, 6.07) is -0.195. The Bertz CT molecular complexity index is 405. The number of alkyl halides is 1. The average molecular weight is 359 g/mol. The van der Waals surface area contributed by atoms with Crippen LogP contribution in [0.1, 0.15) is 72.6 Å². The molecule has 0 radical (unpaired) electrons. The van der Waals surface area contributed by atoms with Crippen LogP contribution in [0, 0.1) is 11.3 Å². The largest absolute Gasteiger partial charge is 0.369 e. The maximum Gasteiger partial charge on any atom is 0.225 e. The van der Waals surface area contributed by atoms with E-state index >= 15 is 0 Å². The van der Waals surface area contributed by atoms with E-state index in [0.29, 0.717) is 12.8 Å². The van der Waals surface area contributed by atoms with Crippen LogP contribution >= 0.6 is 0 Å². The Balaban J connectivity index is 2.86. The van der Waals surface area contributed by atoms with Crippen molar-refractivity contribution in [3.8, 4) is 0 Å². The van der Waals surface area contributed by atoms with E-state index in [1.165, 1.54) is 19.3 Å². The van der Waals surface area contributed by atoms with Crippen LogP contribution < -0.4 is 22.1 Å². The Labute approximate surface area is 152 Å². The molecule has 5 atom stereocenters. The summed E-state index contributed by atoms with van der Waals surface area (Å²) < 4.78 is 14.2. The Hall–Kier alpha value is -0.720. The highest BCUT2D eigenvalue weighted by Crippen LogP contribution is 2.32. The van der Waals surface area contributed by atoms with Crippen LogP contribution in [0.15, 0.2) is 0 Å². The summed E-state index contributed by atoms with van der Waals surface area (Å²) in [5, 5.41) is 6.49. The molecule has 0 bridgehead atoms. The van der Waals surface area contributed by atoms with Gasteiger partial charge in [0.25, 0.3) is 0 Å². The van der Waals surface area contributed by atoms with Crippen molar-refractivity contribution in [1.29, 1.82) is 0 Å². The molecule has 5 nitrogen and oxygen atoms in total. The van der Waals surface area contributed by atoms with Crippen molar-refractivity contribution in [2.75, 3.05) is 6.54 Å². The third-order valence-electron chi connectivity index (χ3n) is 5.70. The highest BCUT2D eigenvalue weighted by atomic mass is 19.1. The molecule has 6 N–H and O–H groups in total. The lowest BCUT2D eigenvalue weighted by atomic mass is 9.76. The van der Waals surface area contributed by atoms with Crippen LogP contribution in [0.3, 0.4) is 0 Å². The molecule has 1 amide bonds. The molecule has 0 spiro atoms. The van der Waals surface area contributed by atoms with Crippen molar-refractivity contribution in [1.82, 2.24) is 10.6 Å². The number of carbonyl (C=O) groups is 1. The molecular formula is C19H39FN4O. The zero-order valence-corrected chi connectivity index (χ0v) is 16.5. The molecule has 5 unspecified atom stereocenters. The number of hydrogen-bond donors (Lipinski definition) is 4. The summed E-state index contributed by atoms with van der Waals surface area (Å²) >= 11 is 0. The first-order valence-corrected chi connectivity index (χ1v) is 9.87. The van der Waals surface area contributed by atoms with Gasteiger partial charge in [0.2, 0.25) is 5.91 Å². The molecule has 1 heterocycles. The summed E-state index contributed by atoms with van der Waals surface area (Å²) in [4.78, 5) is 11.9. The summed E-state index contributed by atoms with van der Waals surface area (Å²) in [5.74, 6) is -1.01. The topological polar surface area (TPSA) is 93.2 Å². The fraction of sp³-hybridized carbons (Fsp3) is 0.947. The molecule has 1 fully saturated rings. The van der Waals surface area contributed by atoms with Gasteiger partial charge in [0.05, 0.1) is 12.1 Å². The molecule has 1 aliphatic rings. The quantitative estimate of drug-likeness (QED) is 0.526. The van der Waals surface area contributed by atoms with E-state index < -0.39 is 24.2 Å². The first-order valence-electron chi connectivity index (χ1n) is 9.87. The van der Waals surface area contributed by atoms with Gasteiger partial charge < -0.3 is 16.8 Å². The molecule has 0 aromatic carbocycles. The third kappa shape index (κ3) is 7.19.